The number of hydrogen-bond acceptors (Lipinski definition) is 4. The average Bonchev–Trinajstić information content (AvgIpc) is 3.57. The molecule has 0 spiro atoms. The van der Waals surface area contributed by atoms with Crippen LogP contribution in [-0.2, 0) is 0 Å². The molecule has 0 saturated carbocycles. The van der Waals surface area contributed by atoms with E-state index in [1.54, 1.807) is 16.8 Å². The van der Waals surface area contributed by atoms with Crippen molar-refractivity contribution in [3.05, 3.63) is 107 Å². The first-order chi connectivity index (χ1) is 20.6. The number of phenols is 1. The van der Waals surface area contributed by atoms with Gasteiger partial charge in [0.25, 0.3) is 0 Å². The summed E-state index contributed by atoms with van der Waals surface area (Å²) in [6.45, 7) is 15.5. The zero-order valence-electron chi connectivity index (χ0n) is 26.0. The van der Waals surface area contributed by atoms with Crippen LogP contribution in [0.1, 0.15) is 81.8 Å². The Bertz CT molecular complexity index is 1910. The zero-order chi connectivity index (χ0) is 30.4. The summed E-state index contributed by atoms with van der Waals surface area (Å²) >= 11 is 0. The van der Waals surface area contributed by atoms with E-state index in [4.69, 9.17) is 15.1 Å². The van der Waals surface area contributed by atoms with Crippen LogP contribution in [0.4, 0.5) is 0 Å². The lowest BCUT2D eigenvalue weighted by atomic mass is 9.87. The van der Waals surface area contributed by atoms with Gasteiger partial charge in [0.15, 0.2) is 5.82 Å². The Balaban J connectivity index is 1.58. The summed E-state index contributed by atoms with van der Waals surface area (Å²) in [5.74, 6) is 3.44. The number of rotatable bonds is 7. The van der Waals surface area contributed by atoms with Gasteiger partial charge in [0.05, 0.1) is 16.7 Å². The summed E-state index contributed by atoms with van der Waals surface area (Å²) in [7, 11) is 0. The quantitative estimate of drug-likeness (QED) is 0.208. The Kier molecular flexibility index (Phi) is 7.38. The van der Waals surface area contributed by atoms with Crippen molar-refractivity contribution in [1.82, 2.24) is 24.3 Å². The van der Waals surface area contributed by atoms with E-state index in [9.17, 15) is 5.11 Å². The number of aryl methyl sites for hydroxylation is 1. The van der Waals surface area contributed by atoms with Gasteiger partial charge in [-0.05, 0) is 71.7 Å². The van der Waals surface area contributed by atoms with Crippen molar-refractivity contribution in [2.75, 3.05) is 0 Å². The lowest BCUT2D eigenvalue weighted by molar-refractivity contribution is 0.470. The van der Waals surface area contributed by atoms with Crippen LogP contribution in [0.5, 0.6) is 5.75 Å². The molecule has 2 aromatic heterocycles. The number of imidazole rings is 1. The summed E-state index contributed by atoms with van der Waals surface area (Å²) in [4.78, 5) is 9.99. The van der Waals surface area contributed by atoms with Crippen molar-refractivity contribution in [2.45, 2.75) is 66.2 Å². The van der Waals surface area contributed by atoms with Gasteiger partial charge in [-0.1, -0.05) is 96.1 Å². The highest BCUT2D eigenvalue weighted by Gasteiger charge is 2.24. The number of nitrogens with zero attached hydrogens (tertiary/aromatic N) is 5. The van der Waals surface area contributed by atoms with Gasteiger partial charge in [-0.25, -0.2) is 14.6 Å². The highest BCUT2D eigenvalue weighted by atomic mass is 16.3. The highest BCUT2D eigenvalue weighted by Crippen LogP contribution is 2.39. The predicted molar refractivity (Wildman–Crippen MR) is 176 cm³/mol. The van der Waals surface area contributed by atoms with E-state index >= 15 is 0 Å². The molecule has 6 rings (SSSR count). The first kappa shape index (κ1) is 28.4. The Morgan fingerprint density at radius 1 is 0.674 bits per heavy atom. The molecular weight excluding hydrogens is 530 g/mol. The average molecular weight is 570 g/mol. The molecule has 2 heterocycles. The summed E-state index contributed by atoms with van der Waals surface area (Å²) in [5.41, 5.74) is 9.76. The number of benzene rings is 4. The summed E-state index contributed by atoms with van der Waals surface area (Å²) in [6, 6.07) is 28.6. The van der Waals surface area contributed by atoms with E-state index in [0.29, 0.717) is 35.1 Å². The van der Waals surface area contributed by atoms with Crippen molar-refractivity contribution in [3.63, 3.8) is 0 Å². The summed E-state index contributed by atoms with van der Waals surface area (Å²) < 4.78 is 4.05. The fourth-order valence-corrected chi connectivity index (χ4v) is 5.80. The molecule has 43 heavy (non-hydrogen) atoms. The standard InChI is InChI=1S/C37H39N5O/c1-22(2)28-20-29(23(3)4)35(30(21-28)24(5)6)41-32-16-9-8-15-31(32)39-37(41)27-14-12-13-26(19-27)36-38-25(7)42(40-36)33-17-10-11-18-34(33)43/h8-24,43H,1-7H3. The second kappa shape index (κ2) is 11.2. The number of aromatic hydroxyl groups is 1. The number of phenolic OH excluding ortho intramolecular Hbond substituents is 1. The van der Waals surface area contributed by atoms with Crippen molar-refractivity contribution in [1.29, 1.82) is 0 Å². The first-order valence-corrected chi connectivity index (χ1v) is 15.1. The van der Waals surface area contributed by atoms with Crippen LogP contribution in [0.15, 0.2) is 84.9 Å². The molecule has 6 nitrogen and oxygen atoms in total. The second-order valence-corrected chi connectivity index (χ2v) is 12.2. The molecule has 0 aliphatic heterocycles. The molecule has 4 aromatic carbocycles. The molecule has 1 N–H and O–H groups in total. The van der Waals surface area contributed by atoms with Crippen molar-refractivity contribution < 1.29 is 5.11 Å². The molecule has 0 amide bonds. The zero-order valence-corrected chi connectivity index (χ0v) is 26.0. The number of fused-ring (bicyclic) bond motifs is 1. The molecule has 0 unspecified atom stereocenters. The Hall–Kier alpha value is -4.71. The van der Waals surface area contributed by atoms with E-state index in [1.807, 2.05) is 37.3 Å². The lowest BCUT2D eigenvalue weighted by Crippen LogP contribution is -2.10. The third-order valence-electron chi connectivity index (χ3n) is 8.14. The predicted octanol–water partition coefficient (Wildman–Crippen LogP) is 9.32. The van der Waals surface area contributed by atoms with Crippen LogP contribution in [0.25, 0.3) is 45.2 Å². The monoisotopic (exact) mass is 569 g/mol. The molecule has 0 aliphatic rings. The Morgan fingerprint density at radius 2 is 1.33 bits per heavy atom. The molecule has 0 bridgehead atoms. The van der Waals surface area contributed by atoms with Crippen LogP contribution in [0, 0.1) is 6.92 Å². The topological polar surface area (TPSA) is 68.8 Å². The molecule has 0 atom stereocenters. The molecule has 218 valence electrons. The molecule has 0 radical (unpaired) electrons. The number of hydrogen-bond donors (Lipinski definition) is 1. The third-order valence-corrected chi connectivity index (χ3v) is 8.14. The largest absolute Gasteiger partial charge is 0.506 e. The molecule has 6 heteroatoms. The third kappa shape index (κ3) is 5.11. The van der Waals surface area contributed by atoms with E-state index in [1.165, 1.54) is 22.4 Å². The lowest BCUT2D eigenvalue weighted by Gasteiger charge is -2.25. The van der Waals surface area contributed by atoms with Gasteiger partial charge < -0.3 is 5.11 Å². The van der Waals surface area contributed by atoms with Crippen LogP contribution in [0.2, 0.25) is 0 Å². The summed E-state index contributed by atoms with van der Waals surface area (Å²) in [5, 5.41) is 15.2. The van der Waals surface area contributed by atoms with E-state index in [0.717, 1.165) is 28.0 Å². The molecular formula is C37H39N5O. The fraction of sp³-hybridized carbons (Fsp3) is 0.270. The maximum atomic E-state index is 10.4. The maximum Gasteiger partial charge on any atom is 0.181 e. The molecule has 0 fully saturated rings. The van der Waals surface area contributed by atoms with Gasteiger partial charge in [0.1, 0.15) is 23.1 Å². The number of aromatic nitrogens is 5. The van der Waals surface area contributed by atoms with Crippen molar-refractivity contribution in [3.8, 4) is 39.9 Å². The Morgan fingerprint density at radius 3 is 2.00 bits per heavy atom. The van der Waals surface area contributed by atoms with Crippen LogP contribution in [0.3, 0.4) is 0 Å². The van der Waals surface area contributed by atoms with Crippen LogP contribution < -0.4 is 0 Å². The van der Waals surface area contributed by atoms with Gasteiger partial charge in [-0.2, -0.15) is 0 Å². The van der Waals surface area contributed by atoms with Crippen LogP contribution in [-0.4, -0.2) is 29.4 Å². The molecule has 0 saturated heterocycles. The molecule has 6 aromatic rings. The minimum atomic E-state index is 0.162. The van der Waals surface area contributed by atoms with Gasteiger partial charge >= 0.3 is 0 Å². The van der Waals surface area contributed by atoms with Gasteiger partial charge in [-0.15, -0.1) is 5.10 Å². The second-order valence-electron chi connectivity index (χ2n) is 12.2. The smallest absolute Gasteiger partial charge is 0.181 e. The maximum absolute atomic E-state index is 10.4. The van der Waals surface area contributed by atoms with Gasteiger partial charge in [-0.3, -0.25) is 4.57 Å². The summed E-state index contributed by atoms with van der Waals surface area (Å²) in [6.07, 6.45) is 0. The van der Waals surface area contributed by atoms with Crippen molar-refractivity contribution >= 4 is 11.0 Å². The van der Waals surface area contributed by atoms with E-state index in [2.05, 4.69) is 88.6 Å². The SMILES string of the molecule is Cc1nc(-c2cccc(-c3nc4ccccc4n3-c3c(C(C)C)cc(C(C)C)cc3C(C)C)c2)nn1-c1ccccc1O. The van der Waals surface area contributed by atoms with E-state index < -0.39 is 0 Å². The first-order valence-electron chi connectivity index (χ1n) is 15.1. The van der Waals surface area contributed by atoms with E-state index in [-0.39, 0.29) is 5.75 Å². The fourth-order valence-electron chi connectivity index (χ4n) is 5.80. The number of para-hydroxylation sites is 4. The highest BCUT2D eigenvalue weighted by molar-refractivity contribution is 5.85. The minimum Gasteiger partial charge on any atom is -0.506 e. The minimum absolute atomic E-state index is 0.162. The van der Waals surface area contributed by atoms with Gasteiger partial charge in [0.2, 0.25) is 0 Å². The normalized spacial score (nSPS) is 11.9. The van der Waals surface area contributed by atoms with Crippen molar-refractivity contribution in [2.24, 2.45) is 0 Å². The van der Waals surface area contributed by atoms with Crippen LogP contribution >= 0.6 is 0 Å². The van der Waals surface area contributed by atoms with Gasteiger partial charge in [0, 0.05) is 11.1 Å². The Labute approximate surface area is 253 Å². The molecule has 0 aliphatic carbocycles.